The van der Waals surface area contributed by atoms with Crippen LogP contribution in [0.15, 0.2) is 10.9 Å². The Kier molecular flexibility index (Phi) is 3.15. The quantitative estimate of drug-likeness (QED) is 0.521. The molecule has 3 saturated heterocycles. The summed E-state index contributed by atoms with van der Waals surface area (Å²) in [4.78, 5) is 0. The molecule has 5 bridgehead atoms. The SMILES string of the molecule is CCC1=C2C(CC)P13(C)CC(CCC2(C)C(C)C)C1CC3C1. The molecule has 126 valence electrons. The van der Waals surface area contributed by atoms with Crippen molar-refractivity contribution in [1.82, 2.24) is 0 Å². The van der Waals surface area contributed by atoms with E-state index < -0.39 is 6.60 Å². The van der Waals surface area contributed by atoms with Gasteiger partial charge in [-0.1, -0.05) is 0 Å². The second-order valence-electron chi connectivity index (χ2n) is 10.1. The number of fused-ring (bicyclic) bond motifs is 2. The van der Waals surface area contributed by atoms with Crippen LogP contribution in [0.25, 0.3) is 0 Å². The molecular formula is C21H37P. The summed E-state index contributed by atoms with van der Waals surface area (Å²) < 4.78 is 0. The van der Waals surface area contributed by atoms with Gasteiger partial charge in [0.15, 0.2) is 0 Å². The second-order valence-corrected chi connectivity index (χ2v) is 16.3. The Morgan fingerprint density at radius 1 is 1.18 bits per heavy atom. The van der Waals surface area contributed by atoms with Crippen LogP contribution in [0, 0.1) is 23.2 Å². The monoisotopic (exact) mass is 320 g/mol. The topological polar surface area (TPSA) is 0 Å². The van der Waals surface area contributed by atoms with Gasteiger partial charge in [-0.2, -0.15) is 0 Å². The summed E-state index contributed by atoms with van der Waals surface area (Å²) in [5.41, 5.74) is 4.66. The summed E-state index contributed by atoms with van der Waals surface area (Å²) in [6.45, 7) is 13.9. The summed E-state index contributed by atoms with van der Waals surface area (Å²) in [6.07, 6.45) is 10.7. The van der Waals surface area contributed by atoms with Crippen molar-refractivity contribution in [2.45, 2.75) is 84.5 Å². The van der Waals surface area contributed by atoms with Crippen LogP contribution in [0.2, 0.25) is 0 Å². The molecule has 0 aromatic heterocycles. The third kappa shape index (κ3) is 1.42. The molecule has 0 nitrogen and oxygen atoms in total. The zero-order valence-corrected chi connectivity index (χ0v) is 16.7. The van der Waals surface area contributed by atoms with E-state index in [4.69, 9.17) is 0 Å². The minimum atomic E-state index is -1.57. The van der Waals surface area contributed by atoms with E-state index in [2.05, 4.69) is 46.6 Å². The van der Waals surface area contributed by atoms with Gasteiger partial charge in [0.2, 0.25) is 0 Å². The first-order chi connectivity index (χ1) is 10.3. The van der Waals surface area contributed by atoms with E-state index in [1.165, 1.54) is 25.7 Å². The van der Waals surface area contributed by atoms with Crippen molar-refractivity contribution in [3.8, 4) is 0 Å². The molecule has 0 N–H and O–H groups in total. The molecule has 1 heteroatoms. The molecule has 6 aliphatic rings. The number of hydrogen-bond donors (Lipinski definition) is 0. The van der Waals surface area contributed by atoms with Gasteiger partial charge < -0.3 is 0 Å². The van der Waals surface area contributed by atoms with Crippen molar-refractivity contribution in [2.75, 3.05) is 12.8 Å². The number of allylic oxidation sites excluding steroid dienone is 2. The second kappa shape index (κ2) is 4.41. The molecule has 0 amide bonds. The first-order valence-electron chi connectivity index (χ1n) is 10.0. The van der Waals surface area contributed by atoms with Gasteiger partial charge >= 0.3 is 138 Å². The predicted octanol–water partition coefficient (Wildman–Crippen LogP) is 6.49. The fraction of sp³-hybridized carbons (Fsp3) is 0.905. The fourth-order valence-electron chi connectivity index (χ4n) is 7.87. The molecular weight excluding hydrogens is 283 g/mol. The summed E-state index contributed by atoms with van der Waals surface area (Å²) in [5, 5.41) is 2.07. The molecule has 0 radical (unpaired) electrons. The van der Waals surface area contributed by atoms with E-state index in [0.29, 0.717) is 5.41 Å². The van der Waals surface area contributed by atoms with Gasteiger partial charge in [-0.25, -0.2) is 0 Å². The average Bonchev–Trinajstić information content (AvgIpc) is 2.40. The van der Waals surface area contributed by atoms with Gasteiger partial charge in [0, 0.05) is 0 Å². The third-order valence-corrected chi connectivity index (χ3v) is 17.8. The molecule has 22 heavy (non-hydrogen) atoms. The van der Waals surface area contributed by atoms with E-state index in [-0.39, 0.29) is 0 Å². The van der Waals surface area contributed by atoms with Crippen LogP contribution in [0.3, 0.4) is 0 Å². The van der Waals surface area contributed by atoms with Crippen LogP contribution >= 0.6 is 6.60 Å². The van der Waals surface area contributed by atoms with E-state index in [1.807, 2.05) is 5.57 Å². The Labute approximate surface area is 138 Å². The summed E-state index contributed by atoms with van der Waals surface area (Å²) >= 11 is 0. The summed E-state index contributed by atoms with van der Waals surface area (Å²) in [5.74, 6) is 3.01. The molecule has 0 aromatic rings. The van der Waals surface area contributed by atoms with Crippen LogP contribution in [0.1, 0.15) is 73.1 Å². The van der Waals surface area contributed by atoms with E-state index in [9.17, 15) is 0 Å². The van der Waals surface area contributed by atoms with Crippen LogP contribution in [0.5, 0.6) is 0 Å². The molecule has 1 saturated carbocycles. The van der Waals surface area contributed by atoms with E-state index in [0.717, 1.165) is 29.1 Å². The first-order valence-corrected chi connectivity index (χ1v) is 13.1. The summed E-state index contributed by atoms with van der Waals surface area (Å²) in [7, 11) is 0. The average molecular weight is 321 g/mol. The fourth-order valence-corrected chi connectivity index (χ4v) is 17.4. The summed E-state index contributed by atoms with van der Waals surface area (Å²) in [6, 6.07) is 0. The Balaban J connectivity index is 1.96. The van der Waals surface area contributed by atoms with Crippen molar-refractivity contribution in [3.05, 3.63) is 10.9 Å². The molecule has 4 fully saturated rings. The maximum atomic E-state index is 2.88. The molecule has 1 aliphatic carbocycles. The molecule has 1 spiro atoms. The molecule has 6 rings (SSSR count). The van der Waals surface area contributed by atoms with Gasteiger partial charge in [0.25, 0.3) is 0 Å². The standard InChI is InChI=1S/C21H37P/c1-7-18-20-19(8-2)22(18,6)13-15(16-11-17(22)12-16)9-10-21(20,5)14(3)4/h14-18H,7-13H2,1-6H3. The van der Waals surface area contributed by atoms with Crippen LogP contribution in [-0.2, 0) is 0 Å². The molecule has 5 aliphatic heterocycles. The van der Waals surface area contributed by atoms with Crippen molar-refractivity contribution in [2.24, 2.45) is 23.2 Å². The molecule has 3 unspecified atom stereocenters. The van der Waals surface area contributed by atoms with Crippen molar-refractivity contribution < 1.29 is 0 Å². The predicted molar refractivity (Wildman–Crippen MR) is 101 cm³/mol. The van der Waals surface area contributed by atoms with Crippen molar-refractivity contribution in [1.29, 1.82) is 0 Å². The van der Waals surface area contributed by atoms with Crippen LogP contribution in [-0.4, -0.2) is 24.1 Å². The number of hydrogen-bond acceptors (Lipinski definition) is 0. The maximum absolute atomic E-state index is 2.88. The van der Waals surface area contributed by atoms with Gasteiger partial charge in [-0.15, -0.1) is 0 Å². The molecule has 5 heterocycles. The Hall–Kier alpha value is 0.170. The molecule has 3 atom stereocenters. The van der Waals surface area contributed by atoms with E-state index in [1.54, 1.807) is 19.0 Å². The van der Waals surface area contributed by atoms with E-state index >= 15 is 0 Å². The molecule has 0 aromatic carbocycles. The zero-order chi connectivity index (χ0) is 15.9. The van der Waals surface area contributed by atoms with Crippen LogP contribution < -0.4 is 0 Å². The first kappa shape index (κ1) is 15.7. The van der Waals surface area contributed by atoms with Crippen molar-refractivity contribution >= 4 is 6.60 Å². The Morgan fingerprint density at radius 2 is 1.86 bits per heavy atom. The van der Waals surface area contributed by atoms with Gasteiger partial charge in [0.05, 0.1) is 0 Å². The van der Waals surface area contributed by atoms with Gasteiger partial charge in [-0.3, -0.25) is 0 Å². The minimum absolute atomic E-state index is 0.506. The van der Waals surface area contributed by atoms with Gasteiger partial charge in [-0.05, 0) is 0 Å². The third-order valence-electron chi connectivity index (χ3n) is 9.48. The Bertz CT molecular complexity index is 540. The Morgan fingerprint density at radius 3 is 2.41 bits per heavy atom. The normalized spacial score (nSPS) is 49.3. The van der Waals surface area contributed by atoms with Crippen molar-refractivity contribution in [3.63, 3.8) is 0 Å². The zero-order valence-electron chi connectivity index (χ0n) is 15.8. The number of rotatable bonds is 3. The van der Waals surface area contributed by atoms with Gasteiger partial charge in [0.1, 0.15) is 0 Å². The van der Waals surface area contributed by atoms with Crippen LogP contribution in [0.4, 0.5) is 0 Å².